The molecule has 0 spiro atoms. The number of ether oxygens (including phenoxy) is 1. The Kier molecular flexibility index (Phi) is 4.63. The standard InChI is InChI=1S/C15H27NO5/c1-10(17)15(20,14(2,3)19)13(18)21-9-11-6-8-16-7-4-5-12(11)16/h10-12,17,19-20H,4-9H2,1-3H3/t10-,11-,12-,15+/m0/s1. The van der Waals surface area contributed by atoms with E-state index in [0.717, 1.165) is 25.9 Å². The van der Waals surface area contributed by atoms with Gasteiger partial charge >= 0.3 is 5.97 Å². The summed E-state index contributed by atoms with van der Waals surface area (Å²) in [6.07, 6.45) is 1.86. The van der Waals surface area contributed by atoms with E-state index in [4.69, 9.17) is 4.74 Å². The van der Waals surface area contributed by atoms with Gasteiger partial charge in [0.05, 0.1) is 12.7 Å². The van der Waals surface area contributed by atoms with Gasteiger partial charge in [0, 0.05) is 12.0 Å². The van der Waals surface area contributed by atoms with Gasteiger partial charge in [-0.25, -0.2) is 4.79 Å². The summed E-state index contributed by atoms with van der Waals surface area (Å²) in [5.74, 6) is -0.682. The van der Waals surface area contributed by atoms with Crippen LogP contribution in [0.5, 0.6) is 0 Å². The Balaban J connectivity index is 1.97. The highest BCUT2D eigenvalue weighted by Gasteiger charge is 2.54. The van der Waals surface area contributed by atoms with Crippen LogP contribution in [0.15, 0.2) is 0 Å². The monoisotopic (exact) mass is 301 g/mol. The highest BCUT2D eigenvalue weighted by atomic mass is 16.6. The van der Waals surface area contributed by atoms with Crippen LogP contribution in [-0.4, -0.2) is 69.2 Å². The van der Waals surface area contributed by atoms with Gasteiger partial charge in [0.15, 0.2) is 0 Å². The number of aliphatic hydroxyl groups is 3. The van der Waals surface area contributed by atoms with Crippen molar-refractivity contribution in [3.63, 3.8) is 0 Å². The first-order valence-corrected chi connectivity index (χ1v) is 7.72. The Labute approximate surface area is 125 Å². The lowest BCUT2D eigenvalue weighted by atomic mass is 9.81. The highest BCUT2D eigenvalue weighted by molar-refractivity contribution is 5.81. The molecule has 2 fully saturated rings. The number of aliphatic hydroxyl groups excluding tert-OH is 1. The smallest absolute Gasteiger partial charge is 0.343 e. The van der Waals surface area contributed by atoms with Gasteiger partial charge in [-0.15, -0.1) is 0 Å². The van der Waals surface area contributed by atoms with E-state index < -0.39 is 23.3 Å². The maximum Gasteiger partial charge on any atom is 0.343 e. The molecule has 0 aliphatic carbocycles. The van der Waals surface area contributed by atoms with Crippen molar-refractivity contribution < 1.29 is 24.9 Å². The lowest BCUT2D eigenvalue weighted by molar-refractivity contribution is -0.214. The molecule has 2 saturated heterocycles. The van der Waals surface area contributed by atoms with Crippen LogP contribution < -0.4 is 0 Å². The summed E-state index contributed by atoms with van der Waals surface area (Å²) < 4.78 is 5.25. The number of fused-ring (bicyclic) bond motifs is 1. The van der Waals surface area contributed by atoms with Gasteiger partial charge in [0.2, 0.25) is 5.60 Å². The van der Waals surface area contributed by atoms with E-state index >= 15 is 0 Å². The van der Waals surface area contributed by atoms with Crippen molar-refractivity contribution in [1.82, 2.24) is 4.90 Å². The predicted octanol–water partition coefficient (Wildman–Crippen LogP) is -0.103. The average Bonchev–Trinajstić information content (AvgIpc) is 2.96. The van der Waals surface area contributed by atoms with Crippen molar-refractivity contribution in [2.24, 2.45) is 5.92 Å². The topological polar surface area (TPSA) is 90.2 Å². The third-order valence-corrected chi connectivity index (χ3v) is 5.02. The van der Waals surface area contributed by atoms with E-state index in [1.807, 2.05) is 0 Å². The SMILES string of the molecule is C[C@H](O)[C@@](O)(C(=O)OC[C@@H]1CCN2CCC[C@@H]12)C(C)(C)O. The lowest BCUT2D eigenvalue weighted by Crippen LogP contribution is -2.63. The van der Waals surface area contributed by atoms with Gasteiger partial charge in [-0.05, 0) is 53.1 Å². The largest absolute Gasteiger partial charge is 0.463 e. The van der Waals surface area contributed by atoms with Crippen molar-refractivity contribution in [1.29, 1.82) is 0 Å². The summed E-state index contributed by atoms with van der Waals surface area (Å²) in [4.78, 5) is 14.6. The summed E-state index contributed by atoms with van der Waals surface area (Å²) >= 11 is 0. The van der Waals surface area contributed by atoms with Crippen molar-refractivity contribution in [2.45, 2.75) is 63.4 Å². The maximum atomic E-state index is 12.2. The Morgan fingerprint density at radius 1 is 1.33 bits per heavy atom. The van der Waals surface area contributed by atoms with E-state index in [-0.39, 0.29) is 12.5 Å². The Morgan fingerprint density at radius 3 is 2.57 bits per heavy atom. The first-order valence-electron chi connectivity index (χ1n) is 7.72. The Morgan fingerprint density at radius 2 is 2.00 bits per heavy atom. The number of esters is 1. The van der Waals surface area contributed by atoms with Gasteiger partial charge in [0.25, 0.3) is 0 Å². The zero-order valence-corrected chi connectivity index (χ0v) is 13.1. The molecule has 4 atom stereocenters. The molecule has 0 aromatic heterocycles. The van der Waals surface area contributed by atoms with Crippen LogP contribution in [0.25, 0.3) is 0 Å². The first-order chi connectivity index (χ1) is 9.68. The number of nitrogens with zero attached hydrogens (tertiary/aromatic N) is 1. The van der Waals surface area contributed by atoms with Gasteiger partial charge in [-0.2, -0.15) is 0 Å². The number of rotatable bonds is 5. The molecule has 0 radical (unpaired) electrons. The zero-order valence-electron chi connectivity index (χ0n) is 13.1. The quantitative estimate of drug-likeness (QED) is 0.614. The van der Waals surface area contributed by atoms with Crippen LogP contribution in [0, 0.1) is 5.92 Å². The van der Waals surface area contributed by atoms with Crippen molar-refractivity contribution >= 4 is 5.97 Å². The zero-order chi connectivity index (χ0) is 15.8. The maximum absolute atomic E-state index is 12.2. The minimum atomic E-state index is -2.32. The summed E-state index contributed by atoms with van der Waals surface area (Å²) in [6.45, 7) is 6.21. The third-order valence-electron chi connectivity index (χ3n) is 5.02. The van der Waals surface area contributed by atoms with Crippen molar-refractivity contribution in [2.75, 3.05) is 19.7 Å². The van der Waals surface area contributed by atoms with Gasteiger partial charge in [0.1, 0.15) is 5.60 Å². The van der Waals surface area contributed by atoms with E-state index in [0.29, 0.717) is 6.04 Å². The second-order valence-corrected chi connectivity index (χ2v) is 6.89. The van der Waals surface area contributed by atoms with Crippen LogP contribution in [0.2, 0.25) is 0 Å². The Bertz CT molecular complexity index is 392. The normalized spacial score (nSPS) is 30.8. The molecule has 0 bridgehead atoms. The van der Waals surface area contributed by atoms with Crippen LogP contribution >= 0.6 is 0 Å². The molecule has 0 unspecified atom stereocenters. The molecule has 0 amide bonds. The van der Waals surface area contributed by atoms with Gasteiger partial charge in [-0.3, -0.25) is 4.90 Å². The van der Waals surface area contributed by atoms with Crippen LogP contribution in [0.3, 0.4) is 0 Å². The average molecular weight is 301 g/mol. The molecule has 6 heteroatoms. The molecule has 2 aliphatic heterocycles. The molecule has 3 N–H and O–H groups in total. The minimum absolute atomic E-state index is 0.227. The van der Waals surface area contributed by atoms with Crippen molar-refractivity contribution in [3.05, 3.63) is 0 Å². The van der Waals surface area contributed by atoms with Gasteiger partial charge in [-0.1, -0.05) is 0 Å². The molecule has 0 saturated carbocycles. The summed E-state index contributed by atoms with van der Waals surface area (Å²) in [5.41, 5.74) is -4.10. The highest BCUT2D eigenvalue weighted by Crippen LogP contribution is 2.34. The van der Waals surface area contributed by atoms with Crippen molar-refractivity contribution in [3.8, 4) is 0 Å². The van der Waals surface area contributed by atoms with Crippen LogP contribution in [-0.2, 0) is 9.53 Å². The van der Waals surface area contributed by atoms with Gasteiger partial charge < -0.3 is 20.1 Å². The molecule has 2 heterocycles. The number of carbonyl (C=O) groups excluding carboxylic acids is 1. The molecular weight excluding hydrogens is 274 g/mol. The fourth-order valence-corrected chi connectivity index (χ4v) is 3.61. The lowest BCUT2D eigenvalue weighted by Gasteiger charge is -2.38. The fourth-order valence-electron chi connectivity index (χ4n) is 3.61. The molecule has 0 aromatic rings. The number of hydrogen-bond donors (Lipinski definition) is 3. The third kappa shape index (κ3) is 2.95. The molecule has 6 nitrogen and oxygen atoms in total. The summed E-state index contributed by atoms with van der Waals surface area (Å²) in [6, 6.07) is 0.458. The van der Waals surface area contributed by atoms with Crippen LogP contribution in [0.1, 0.15) is 40.0 Å². The van der Waals surface area contributed by atoms with E-state index in [9.17, 15) is 20.1 Å². The molecule has 2 aliphatic rings. The second-order valence-electron chi connectivity index (χ2n) is 6.89. The first kappa shape index (κ1) is 16.7. The number of hydrogen-bond acceptors (Lipinski definition) is 6. The fraction of sp³-hybridized carbons (Fsp3) is 0.933. The van der Waals surface area contributed by atoms with Crippen LogP contribution in [0.4, 0.5) is 0 Å². The summed E-state index contributed by atoms with van der Waals surface area (Å²) in [7, 11) is 0. The predicted molar refractivity (Wildman–Crippen MR) is 76.6 cm³/mol. The minimum Gasteiger partial charge on any atom is -0.463 e. The van der Waals surface area contributed by atoms with E-state index in [1.54, 1.807) is 0 Å². The second kappa shape index (κ2) is 5.83. The summed E-state index contributed by atoms with van der Waals surface area (Å²) in [5, 5.41) is 30.1. The Hall–Kier alpha value is -0.690. The molecule has 122 valence electrons. The van der Waals surface area contributed by atoms with E-state index in [1.165, 1.54) is 27.2 Å². The molecule has 0 aromatic carbocycles. The van der Waals surface area contributed by atoms with E-state index in [2.05, 4.69) is 4.90 Å². The molecular formula is C15H27NO5. The molecule has 21 heavy (non-hydrogen) atoms. The molecule has 2 rings (SSSR count). The number of carbonyl (C=O) groups is 1.